The number of piperidine rings is 1. The average Bonchev–Trinajstić information content (AvgIpc) is 2.56. The Kier molecular flexibility index (Phi) is 4.90. The molecular formula is C12H25N3. The summed E-state index contributed by atoms with van der Waals surface area (Å²) in [7, 11) is 0. The summed E-state index contributed by atoms with van der Waals surface area (Å²) in [5.41, 5.74) is 0. The molecule has 0 aromatic carbocycles. The lowest BCUT2D eigenvalue weighted by atomic mass is 9.99. The first-order valence-electron chi connectivity index (χ1n) is 6.60. The van der Waals surface area contributed by atoms with Gasteiger partial charge in [-0.1, -0.05) is 0 Å². The third kappa shape index (κ3) is 4.09. The predicted octanol–water partition coefficient (Wildman–Crippen LogP) is 0.718. The Labute approximate surface area is 93.4 Å². The van der Waals surface area contributed by atoms with Crippen molar-refractivity contribution in [1.29, 1.82) is 0 Å². The van der Waals surface area contributed by atoms with E-state index in [-0.39, 0.29) is 0 Å². The Morgan fingerprint density at radius 1 is 0.867 bits per heavy atom. The van der Waals surface area contributed by atoms with E-state index in [0.717, 1.165) is 12.0 Å². The molecule has 2 saturated heterocycles. The smallest absolute Gasteiger partial charge is 0.00913 e. The first-order chi connectivity index (χ1) is 7.45. The Morgan fingerprint density at radius 2 is 1.60 bits per heavy atom. The van der Waals surface area contributed by atoms with Gasteiger partial charge in [0.2, 0.25) is 0 Å². The lowest BCUT2D eigenvalue weighted by Gasteiger charge is -2.26. The van der Waals surface area contributed by atoms with Crippen molar-refractivity contribution in [2.24, 2.45) is 5.92 Å². The second-order valence-corrected chi connectivity index (χ2v) is 4.98. The molecule has 2 rings (SSSR count). The topological polar surface area (TPSA) is 36.1 Å². The summed E-state index contributed by atoms with van der Waals surface area (Å²) >= 11 is 0. The van der Waals surface area contributed by atoms with E-state index in [1.54, 1.807) is 0 Å². The molecule has 0 saturated carbocycles. The zero-order valence-electron chi connectivity index (χ0n) is 9.73. The van der Waals surface area contributed by atoms with Gasteiger partial charge >= 0.3 is 0 Å². The maximum atomic E-state index is 3.75. The van der Waals surface area contributed by atoms with E-state index >= 15 is 0 Å². The van der Waals surface area contributed by atoms with Crippen LogP contribution in [0, 0.1) is 5.92 Å². The van der Waals surface area contributed by atoms with E-state index in [4.69, 9.17) is 0 Å². The fourth-order valence-electron chi connectivity index (χ4n) is 2.65. The zero-order valence-corrected chi connectivity index (χ0v) is 9.73. The van der Waals surface area contributed by atoms with E-state index in [9.17, 15) is 0 Å². The summed E-state index contributed by atoms with van der Waals surface area (Å²) in [6, 6.07) is 0.780. The van der Waals surface area contributed by atoms with Crippen molar-refractivity contribution in [1.82, 2.24) is 16.0 Å². The molecule has 15 heavy (non-hydrogen) atoms. The Morgan fingerprint density at radius 3 is 2.47 bits per heavy atom. The fourth-order valence-corrected chi connectivity index (χ4v) is 2.65. The first-order valence-corrected chi connectivity index (χ1v) is 6.60. The van der Waals surface area contributed by atoms with E-state index < -0.39 is 0 Å². The van der Waals surface area contributed by atoms with Gasteiger partial charge in [-0.05, 0) is 70.7 Å². The molecule has 2 heterocycles. The molecule has 3 N–H and O–H groups in total. The second kappa shape index (κ2) is 6.46. The van der Waals surface area contributed by atoms with Gasteiger partial charge in [-0.15, -0.1) is 0 Å². The second-order valence-electron chi connectivity index (χ2n) is 4.98. The molecule has 0 aromatic rings. The third-order valence-electron chi connectivity index (χ3n) is 3.73. The molecule has 0 spiro atoms. The summed E-state index contributed by atoms with van der Waals surface area (Å²) in [6.45, 7) is 6.09. The number of nitrogens with one attached hydrogen (secondary N) is 3. The van der Waals surface area contributed by atoms with Crippen LogP contribution in [0.2, 0.25) is 0 Å². The molecule has 0 aliphatic carbocycles. The number of rotatable bonds is 3. The van der Waals surface area contributed by atoms with Crippen LogP contribution in [-0.4, -0.2) is 38.8 Å². The maximum Gasteiger partial charge on any atom is 0.00913 e. The van der Waals surface area contributed by atoms with Gasteiger partial charge in [-0.25, -0.2) is 0 Å². The van der Waals surface area contributed by atoms with Crippen LogP contribution >= 0.6 is 0 Å². The summed E-state index contributed by atoms with van der Waals surface area (Å²) in [4.78, 5) is 0. The van der Waals surface area contributed by atoms with E-state index in [1.165, 1.54) is 64.8 Å². The van der Waals surface area contributed by atoms with Crippen molar-refractivity contribution in [3.05, 3.63) is 0 Å². The predicted molar refractivity (Wildman–Crippen MR) is 64.1 cm³/mol. The lowest BCUT2D eigenvalue weighted by Crippen LogP contribution is -2.41. The molecule has 3 nitrogen and oxygen atoms in total. The minimum Gasteiger partial charge on any atom is -0.317 e. The number of hydrogen-bond donors (Lipinski definition) is 3. The van der Waals surface area contributed by atoms with Gasteiger partial charge in [0, 0.05) is 6.04 Å². The quantitative estimate of drug-likeness (QED) is 0.644. The molecule has 0 radical (unpaired) electrons. The molecule has 3 heteroatoms. The summed E-state index contributed by atoms with van der Waals surface area (Å²) < 4.78 is 0. The molecular weight excluding hydrogens is 186 g/mol. The molecule has 2 aliphatic heterocycles. The van der Waals surface area contributed by atoms with E-state index in [1.807, 2.05) is 0 Å². The van der Waals surface area contributed by atoms with Crippen LogP contribution in [0.1, 0.15) is 32.1 Å². The van der Waals surface area contributed by atoms with Crippen LogP contribution in [0.4, 0.5) is 0 Å². The standard InChI is InChI=1S/C12H25N3/c1-2-11(3-7-13-6-1)10-15-12-4-8-14-9-5-12/h11-15H,1-10H2. The highest BCUT2D eigenvalue weighted by Gasteiger charge is 2.16. The fraction of sp³-hybridized carbons (Fsp3) is 1.00. The molecule has 2 aliphatic rings. The van der Waals surface area contributed by atoms with Crippen molar-refractivity contribution in [2.75, 3.05) is 32.7 Å². The maximum absolute atomic E-state index is 3.75. The monoisotopic (exact) mass is 211 g/mol. The van der Waals surface area contributed by atoms with Gasteiger partial charge in [0.05, 0.1) is 0 Å². The van der Waals surface area contributed by atoms with Crippen LogP contribution in [0.25, 0.3) is 0 Å². The minimum absolute atomic E-state index is 0.780. The van der Waals surface area contributed by atoms with Gasteiger partial charge in [-0.3, -0.25) is 0 Å². The average molecular weight is 211 g/mol. The molecule has 2 fully saturated rings. The SMILES string of the molecule is C1CNCCC(CNC2CCNCC2)C1. The lowest BCUT2D eigenvalue weighted by molar-refractivity contribution is 0.344. The highest BCUT2D eigenvalue weighted by molar-refractivity contribution is 4.77. The molecule has 88 valence electrons. The van der Waals surface area contributed by atoms with Crippen LogP contribution in [-0.2, 0) is 0 Å². The summed E-state index contributed by atoms with van der Waals surface area (Å²) in [5.74, 6) is 0.912. The summed E-state index contributed by atoms with van der Waals surface area (Å²) in [5, 5.41) is 10.6. The van der Waals surface area contributed by atoms with Gasteiger partial charge in [0.1, 0.15) is 0 Å². The van der Waals surface area contributed by atoms with Crippen LogP contribution in [0.3, 0.4) is 0 Å². The third-order valence-corrected chi connectivity index (χ3v) is 3.73. The Balaban J connectivity index is 1.62. The highest BCUT2D eigenvalue weighted by Crippen LogP contribution is 2.13. The molecule has 0 amide bonds. The van der Waals surface area contributed by atoms with E-state index in [2.05, 4.69) is 16.0 Å². The van der Waals surface area contributed by atoms with Crippen LogP contribution in [0.15, 0.2) is 0 Å². The molecule has 1 unspecified atom stereocenters. The summed E-state index contributed by atoms with van der Waals surface area (Å²) in [6.07, 6.45) is 6.75. The Bertz CT molecular complexity index is 158. The van der Waals surface area contributed by atoms with Crippen molar-refractivity contribution < 1.29 is 0 Å². The van der Waals surface area contributed by atoms with Gasteiger partial charge in [0.15, 0.2) is 0 Å². The van der Waals surface area contributed by atoms with Crippen LogP contribution < -0.4 is 16.0 Å². The molecule has 1 atom stereocenters. The normalized spacial score (nSPS) is 30.0. The first kappa shape index (κ1) is 11.4. The largest absolute Gasteiger partial charge is 0.317 e. The number of hydrogen-bond acceptors (Lipinski definition) is 3. The molecule has 0 aromatic heterocycles. The van der Waals surface area contributed by atoms with E-state index in [0.29, 0.717) is 0 Å². The van der Waals surface area contributed by atoms with Crippen molar-refractivity contribution >= 4 is 0 Å². The van der Waals surface area contributed by atoms with Crippen molar-refractivity contribution in [3.8, 4) is 0 Å². The molecule has 0 bridgehead atoms. The van der Waals surface area contributed by atoms with Crippen LogP contribution in [0.5, 0.6) is 0 Å². The zero-order chi connectivity index (χ0) is 10.3. The Hall–Kier alpha value is -0.120. The minimum atomic E-state index is 0.780. The highest BCUT2D eigenvalue weighted by atomic mass is 15.0. The van der Waals surface area contributed by atoms with Gasteiger partial charge < -0.3 is 16.0 Å². The van der Waals surface area contributed by atoms with Gasteiger partial charge in [0.25, 0.3) is 0 Å². The van der Waals surface area contributed by atoms with Gasteiger partial charge in [-0.2, -0.15) is 0 Å². The van der Waals surface area contributed by atoms with Crippen molar-refractivity contribution in [2.45, 2.75) is 38.1 Å². The van der Waals surface area contributed by atoms with Crippen molar-refractivity contribution in [3.63, 3.8) is 0 Å².